The average molecular weight is 577 g/mol. The van der Waals surface area contributed by atoms with E-state index in [0.717, 1.165) is 70.6 Å². The topological polar surface area (TPSA) is 64.2 Å². The Hall–Kier alpha value is -3.75. The van der Waals surface area contributed by atoms with E-state index in [1.165, 1.54) is 0 Å². The molecule has 1 heterocycles. The Bertz CT molecular complexity index is 1510. The number of carbonyl (C=O) groups excluding carboxylic acids is 1. The van der Waals surface area contributed by atoms with Crippen LogP contribution in [0.3, 0.4) is 0 Å². The smallest absolute Gasteiger partial charge is 0.338 e. The van der Waals surface area contributed by atoms with Crippen LogP contribution in [0.1, 0.15) is 38.1 Å². The summed E-state index contributed by atoms with van der Waals surface area (Å²) in [7, 11) is 0. The first-order chi connectivity index (χ1) is 20.6. The van der Waals surface area contributed by atoms with Crippen LogP contribution in [0.5, 0.6) is 0 Å². The second kappa shape index (κ2) is 15.5. The third-order valence-corrected chi connectivity index (χ3v) is 7.42. The van der Waals surface area contributed by atoms with E-state index >= 15 is 0 Å². The van der Waals surface area contributed by atoms with E-state index < -0.39 is 12.6 Å². The summed E-state index contributed by atoms with van der Waals surface area (Å²) in [4.78, 5) is 15.6. The largest absolute Gasteiger partial charge is 0.460 e. The number of hydrogen-bond acceptors (Lipinski definition) is 6. The van der Waals surface area contributed by atoms with Crippen LogP contribution < -0.4 is 14.8 Å². The molecule has 0 fully saturated rings. The Morgan fingerprint density at radius 3 is 2.26 bits per heavy atom. The maximum atomic E-state index is 13.3. The first-order valence-corrected chi connectivity index (χ1v) is 14.9. The van der Waals surface area contributed by atoms with Gasteiger partial charge >= 0.3 is 5.97 Å². The van der Waals surface area contributed by atoms with Crippen LogP contribution >= 0.6 is 0 Å². The fraction of sp³-hybridized carbons (Fsp3) is 0.412. The molecule has 2 aromatic rings. The van der Waals surface area contributed by atoms with Gasteiger partial charge in [-0.2, -0.15) is 0 Å². The summed E-state index contributed by atoms with van der Waals surface area (Å²) in [5, 5.41) is 2.01. The zero-order valence-corrected chi connectivity index (χ0v) is 25.2. The quantitative estimate of drug-likeness (QED) is 0.0746. The molecule has 2 aliphatic rings. The van der Waals surface area contributed by atoms with Crippen LogP contribution in [0.25, 0.3) is 33.4 Å². The summed E-state index contributed by atoms with van der Waals surface area (Å²) in [6.07, 6.45) is 0. The molecule has 0 unspecified atom stereocenters. The van der Waals surface area contributed by atoms with E-state index in [9.17, 15) is 9.18 Å². The molecule has 4 rings (SSSR count). The van der Waals surface area contributed by atoms with Gasteiger partial charge in [0.05, 0.1) is 38.1 Å². The zero-order chi connectivity index (χ0) is 29.9. The summed E-state index contributed by atoms with van der Waals surface area (Å²) in [5.74, 6) is 0.328. The molecule has 0 bridgehead atoms. The molecule has 0 saturated carbocycles. The normalized spacial score (nSPS) is 11.3. The number of rotatable bonds is 15. The Balaban J connectivity index is 1.77. The SMILES string of the molecule is CCN(CC)c1ccc2c(-c3ccccc3C(=O)OCCOCCOCC[18F])c3ccc(=[N+](CC)CC)cc-3oc2c1. The molecule has 0 N–H and O–H groups in total. The van der Waals surface area contributed by atoms with Gasteiger partial charge in [0.1, 0.15) is 37.7 Å². The summed E-state index contributed by atoms with van der Waals surface area (Å²) < 4.78 is 37.1. The van der Waals surface area contributed by atoms with Gasteiger partial charge < -0.3 is 23.5 Å². The van der Waals surface area contributed by atoms with Crippen molar-refractivity contribution in [3.05, 3.63) is 71.6 Å². The van der Waals surface area contributed by atoms with Crippen molar-refractivity contribution in [1.82, 2.24) is 4.58 Å². The number of fused-ring (bicyclic) bond motifs is 2. The molecule has 1 aliphatic carbocycles. The van der Waals surface area contributed by atoms with E-state index in [-0.39, 0.29) is 19.8 Å². The molecule has 1 aliphatic heterocycles. The van der Waals surface area contributed by atoms with Crippen LogP contribution in [0, 0.1) is 0 Å². The Morgan fingerprint density at radius 2 is 1.55 bits per heavy atom. The van der Waals surface area contributed by atoms with Gasteiger partial charge in [-0.1, -0.05) is 18.2 Å². The molecule has 42 heavy (non-hydrogen) atoms. The van der Waals surface area contributed by atoms with Gasteiger partial charge in [-0.3, -0.25) is 0 Å². The number of nitrogens with zero attached hydrogens (tertiary/aromatic N) is 2. The molecule has 0 radical (unpaired) electrons. The number of halogens is 1. The summed E-state index contributed by atoms with van der Waals surface area (Å²) >= 11 is 0. The fourth-order valence-electron chi connectivity index (χ4n) is 5.26. The van der Waals surface area contributed by atoms with Gasteiger partial charge in [-0.15, -0.1) is 0 Å². The minimum Gasteiger partial charge on any atom is -0.460 e. The van der Waals surface area contributed by atoms with Crippen molar-refractivity contribution in [3.8, 4) is 22.5 Å². The molecule has 0 amide bonds. The fourth-order valence-corrected chi connectivity index (χ4v) is 5.26. The molecule has 224 valence electrons. The van der Waals surface area contributed by atoms with E-state index in [2.05, 4.69) is 73.6 Å². The van der Waals surface area contributed by atoms with E-state index in [0.29, 0.717) is 18.8 Å². The van der Waals surface area contributed by atoms with Crippen LogP contribution in [0.15, 0.2) is 65.1 Å². The second-order valence-electron chi connectivity index (χ2n) is 9.78. The molecule has 2 aromatic carbocycles. The van der Waals surface area contributed by atoms with Gasteiger partial charge in [-0.05, 0) is 57.5 Å². The number of benzene rings is 3. The highest BCUT2D eigenvalue weighted by Crippen LogP contribution is 2.42. The number of esters is 1. The predicted molar refractivity (Wildman–Crippen MR) is 166 cm³/mol. The standard InChI is InChI=1S/C34H42FN2O5/c1-5-36(6-2)25-13-15-29-31(23-25)42-32-24-26(37(7-3)8-4)14-16-30(32)33(29)27-11-9-10-12-28(27)34(38)41-22-21-40-20-19-39-18-17-35/h9-16,23-24H,5-8,17-22H2,1-4H3/q+1/i35-1. The summed E-state index contributed by atoms with van der Waals surface area (Å²) in [5.41, 5.74) is 4.94. The number of anilines is 1. The lowest BCUT2D eigenvalue weighted by Crippen LogP contribution is -2.29. The van der Waals surface area contributed by atoms with E-state index in [4.69, 9.17) is 18.6 Å². The Labute approximate surface area is 247 Å². The van der Waals surface area contributed by atoms with Gasteiger partial charge in [0.15, 0.2) is 0 Å². The third-order valence-electron chi connectivity index (χ3n) is 7.42. The number of carbonyl (C=O) groups is 1. The van der Waals surface area contributed by atoms with Crippen molar-refractivity contribution in [2.45, 2.75) is 27.7 Å². The lowest BCUT2D eigenvalue weighted by atomic mass is 9.90. The van der Waals surface area contributed by atoms with Crippen molar-refractivity contribution in [2.24, 2.45) is 0 Å². The predicted octanol–water partition coefficient (Wildman–Crippen LogP) is 6.02. The van der Waals surface area contributed by atoms with Crippen LogP contribution in [0.2, 0.25) is 0 Å². The lowest BCUT2D eigenvalue weighted by Gasteiger charge is -2.22. The number of alkyl halides is 1. The Kier molecular flexibility index (Phi) is 11.5. The molecule has 7 nitrogen and oxygen atoms in total. The molecule has 0 saturated heterocycles. The maximum Gasteiger partial charge on any atom is 0.338 e. The molecule has 0 aromatic heterocycles. The van der Waals surface area contributed by atoms with E-state index in [1.807, 2.05) is 18.2 Å². The number of ether oxygens (including phenoxy) is 3. The highest BCUT2D eigenvalue weighted by atomic mass is 18.2. The van der Waals surface area contributed by atoms with Gasteiger partial charge in [0, 0.05) is 47.4 Å². The first-order valence-electron chi connectivity index (χ1n) is 14.9. The molecular weight excluding hydrogens is 534 g/mol. The highest BCUT2D eigenvalue weighted by molar-refractivity contribution is 6.08. The average Bonchev–Trinajstić information content (AvgIpc) is 3.02. The molecule has 0 spiro atoms. The van der Waals surface area contributed by atoms with E-state index in [1.54, 1.807) is 6.07 Å². The van der Waals surface area contributed by atoms with Crippen molar-refractivity contribution in [3.63, 3.8) is 0 Å². The zero-order valence-electron chi connectivity index (χ0n) is 25.2. The maximum absolute atomic E-state index is 13.3. The van der Waals surface area contributed by atoms with Gasteiger partial charge in [-0.25, -0.2) is 13.8 Å². The lowest BCUT2D eigenvalue weighted by molar-refractivity contribution is 0.0130. The molecular formula is C34H42FN2O5+. The highest BCUT2D eigenvalue weighted by Gasteiger charge is 2.23. The molecule has 0 atom stereocenters. The first kappa shape index (κ1) is 31.2. The minimum absolute atomic E-state index is 0.0544. The minimum atomic E-state index is -0.523. The van der Waals surface area contributed by atoms with Crippen molar-refractivity contribution in [2.75, 3.05) is 70.8 Å². The van der Waals surface area contributed by atoms with Crippen molar-refractivity contribution >= 4 is 22.6 Å². The van der Waals surface area contributed by atoms with Gasteiger partial charge in [0.2, 0.25) is 5.36 Å². The third kappa shape index (κ3) is 7.17. The summed E-state index contributed by atoms with van der Waals surface area (Å²) in [6, 6.07) is 20.1. The van der Waals surface area contributed by atoms with Crippen LogP contribution in [-0.2, 0) is 14.2 Å². The second-order valence-corrected chi connectivity index (χ2v) is 9.78. The monoisotopic (exact) mass is 576 g/mol. The van der Waals surface area contributed by atoms with Gasteiger partial charge in [0.25, 0.3) is 0 Å². The van der Waals surface area contributed by atoms with Crippen LogP contribution in [0.4, 0.5) is 10.1 Å². The van der Waals surface area contributed by atoms with Crippen molar-refractivity contribution < 1.29 is 27.8 Å². The van der Waals surface area contributed by atoms with Crippen molar-refractivity contribution in [1.29, 1.82) is 0 Å². The summed E-state index contributed by atoms with van der Waals surface area (Å²) in [6.45, 7) is 12.6. The molecule has 8 heteroatoms. The number of hydrogen-bond donors (Lipinski definition) is 0. The van der Waals surface area contributed by atoms with Crippen LogP contribution in [-0.4, -0.2) is 71.9 Å². The Morgan fingerprint density at radius 1 is 0.833 bits per heavy atom.